The fourth-order valence-electron chi connectivity index (χ4n) is 3.81. The fourth-order valence-corrected chi connectivity index (χ4v) is 3.81. The van der Waals surface area contributed by atoms with Gasteiger partial charge in [0, 0.05) is 24.8 Å². The zero-order valence-corrected chi connectivity index (χ0v) is 15.6. The Morgan fingerprint density at radius 1 is 1.04 bits per heavy atom. The van der Waals surface area contributed by atoms with Gasteiger partial charge < -0.3 is 9.64 Å². The summed E-state index contributed by atoms with van der Waals surface area (Å²) in [5, 5.41) is 14.1. The molecule has 1 saturated heterocycles. The van der Waals surface area contributed by atoms with Gasteiger partial charge in [0.05, 0.1) is 30.3 Å². The van der Waals surface area contributed by atoms with Gasteiger partial charge in [0.15, 0.2) is 5.65 Å². The second-order valence-corrected chi connectivity index (χ2v) is 7.17. The predicted molar refractivity (Wildman–Crippen MR) is 104 cm³/mol. The first-order chi connectivity index (χ1) is 13.6. The number of ether oxygens (including phenoxy) is 1. The molecule has 0 amide bonds. The molecule has 0 unspecified atom stereocenters. The van der Waals surface area contributed by atoms with Crippen LogP contribution in [0.15, 0.2) is 42.9 Å². The highest BCUT2D eigenvalue weighted by molar-refractivity contribution is 5.65. The summed E-state index contributed by atoms with van der Waals surface area (Å²) in [5.74, 6) is 0.898. The Kier molecular flexibility index (Phi) is 3.77. The third-order valence-corrected chi connectivity index (χ3v) is 5.01. The van der Waals surface area contributed by atoms with Crippen molar-refractivity contribution >= 4 is 17.1 Å². The molecule has 0 aliphatic carbocycles. The molecule has 2 atom stereocenters. The van der Waals surface area contributed by atoms with E-state index >= 15 is 0 Å². The van der Waals surface area contributed by atoms with Crippen molar-refractivity contribution in [3.63, 3.8) is 0 Å². The van der Waals surface area contributed by atoms with Crippen LogP contribution in [0.25, 0.3) is 22.6 Å². The Bertz CT molecular complexity index is 1210. The van der Waals surface area contributed by atoms with Gasteiger partial charge in [-0.3, -0.25) is 4.40 Å². The predicted octanol–water partition coefficient (Wildman–Crippen LogP) is 2.53. The largest absolute Gasteiger partial charge is 0.372 e. The third kappa shape index (κ3) is 2.68. The summed E-state index contributed by atoms with van der Waals surface area (Å²) in [6, 6.07) is 10.0. The minimum atomic E-state index is 0.163. The minimum Gasteiger partial charge on any atom is -0.372 e. The molecule has 0 spiro atoms. The van der Waals surface area contributed by atoms with E-state index in [-0.39, 0.29) is 12.2 Å². The summed E-state index contributed by atoms with van der Waals surface area (Å²) in [5.41, 5.74) is 3.79. The highest BCUT2D eigenvalue weighted by Crippen LogP contribution is 2.24. The van der Waals surface area contributed by atoms with Gasteiger partial charge in [0.2, 0.25) is 0 Å². The molecule has 5 heterocycles. The van der Waals surface area contributed by atoms with E-state index in [9.17, 15) is 5.26 Å². The maximum Gasteiger partial charge on any atom is 0.154 e. The number of imidazole rings is 2. The van der Waals surface area contributed by atoms with E-state index in [1.165, 1.54) is 0 Å². The topological polar surface area (TPSA) is 83.8 Å². The summed E-state index contributed by atoms with van der Waals surface area (Å²) in [6.45, 7) is 5.77. The molecule has 140 valence electrons. The van der Waals surface area contributed by atoms with Crippen LogP contribution in [0.3, 0.4) is 0 Å². The van der Waals surface area contributed by atoms with Crippen molar-refractivity contribution in [3.8, 4) is 17.3 Å². The molecule has 0 bridgehead atoms. The standard InChI is InChI=1S/C20H19N7O/c1-13-10-25(11-14(2)28-13)20-6-5-19-23-9-17(27(19)24-20)15-3-4-18-22-8-16(7-21)26(18)12-15/h3-6,8-9,12-14H,10-11H2,1-2H3/t13-,14+. The normalized spacial score (nSPS) is 20.0. The average molecular weight is 373 g/mol. The van der Waals surface area contributed by atoms with E-state index in [1.807, 2.05) is 35.0 Å². The van der Waals surface area contributed by atoms with Crippen molar-refractivity contribution in [1.82, 2.24) is 24.0 Å². The number of hydrogen-bond acceptors (Lipinski definition) is 6. The fraction of sp³-hybridized carbons (Fsp3) is 0.300. The Hall–Kier alpha value is -3.44. The van der Waals surface area contributed by atoms with Gasteiger partial charge in [-0.15, -0.1) is 5.10 Å². The lowest BCUT2D eigenvalue weighted by molar-refractivity contribution is -0.00551. The number of nitriles is 1. The Balaban J connectivity index is 1.60. The Labute approximate surface area is 161 Å². The van der Waals surface area contributed by atoms with Crippen molar-refractivity contribution in [2.24, 2.45) is 0 Å². The first-order valence-corrected chi connectivity index (χ1v) is 9.25. The Morgan fingerprint density at radius 3 is 2.57 bits per heavy atom. The number of morpholine rings is 1. The van der Waals surface area contributed by atoms with Gasteiger partial charge in [-0.2, -0.15) is 5.26 Å². The molecular weight excluding hydrogens is 354 g/mol. The maximum absolute atomic E-state index is 9.28. The molecule has 8 nitrogen and oxygen atoms in total. The van der Waals surface area contributed by atoms with Crippen LogP contribution >= 0.6 is 0 Å². The molecule has 28 heavy (non-hydrogen) atoms. The lowest BCUT2D eigenvalue weighted by Gasteiger charge is -2.35. The first-order valence-electron chi connectivity index (χ1n) is 9.25. The molecule has 1 fully saturated rings. The van der Waals surface area contributed by atoms with Gasteiger partial charge in [-0.1, -0.05) is 0 Å². The molecule has 0 saturated carbocycles. The molecule has 4 aromatic heterocycles. The summed E-state index contributed by atoms with van der Waals surface area (Å²) in [4.78, 5) is 11.0. The van der Waals surface area contributed by atoms with Crippen molar-refractivity contribution in [1.29, 1.82) is 5.26 Å². The Morgan fingerprint density at radius 2 is 1.79 bits per heavy atom. The summed E-state index contributed by atoms with van der Waals surface area (Å²) >= 11 is 0. The summed E-state index contributed by atoms with van der Waals surface area (Å²) in [7, 11) is 0. The second-order valence-electron chi connectivity index (χ2n) is 7.17. The number of hydrogen-bond donors (Lipinski definition) is 0. The van der Waals surface area contributed by atoms with Crippen LogP contribution in [0.2, 0.25) is 0 Å². The average Bonchev–Trinajstić information content (AvgIpc) is 3.29. The molecule has 1 aliphatic heterocycles. The number of nitrogens with zero attached hydrogens (tertiary/aromatic N) is 7. The third-order valence-electron chi connectivity index (χ3n) is 5.01. The van der Waals surface area contributed by atoms with Crippen molar-refractivity contribution in [2.75, 3.05) is 18.0 Å². The zero-order valence-electron chi connectivity index (χ0n) is 15.6. The van der Waals surface area contributed by atoms with Crippen molar-refractivity contribution < 1.29 is 4.74 Å². The number of pyridine rings is 1. The molecule has 1 aliphatic rings. The van der Waals surface area contributed by atoms with Crippen LogP contribution in [-0.2, 0) is 4.74 Å². The van der Waals surface area contributed by atoms with Crippen molar-refractivity contribution in [2.45, 2.75) is 26.1 Å². The van der Waals surface area contributed by atoms with Crippen LogP contribution in [-0.4, -0.2) is 49.3 Å². The molecule has 0 aromatic carbocycles. The van der Waals surface area contributed by atoms with E-state index < -0.39 is 0 Å². The van der Waals surface area contributed by atoms with E-state index in [2.05, 4.69) is 34.8 Å². The van der Waals surface area contributed by atoms with E-state index in [1.54, 1.807) is 16.8 Å². The monoisotopic (exact) mass is 373 g/mol. The molecular formula is C20H19N7O. The lowest BCUT2D eigenvalue weighted by Crippen LogP contribution is -2.46. The number of anilines is 1. The van der Waals surface area contributed by atoms with Crippen LogP contribution < -0.4 is 4.90 Å². The zero-order chi connectivity index (χ0) is 19.3. The molecule has 0 radical (unpaired) electrons. The highest BCUT2D eigenvalue weighted by atomic mass is 16.5. The van der Waals surface area contributed by atoms with Crippen LogP contribution in [0, 0.1) is 11.3 Å². The van der Waals surface area contributed by atoms with Gasteiger partial charge in [-0.25, -0.2) is 14.5 Å². The molecule has 4 aromatic rings. The van der Waals surface area contributed by atoms with Gasteiger partial charge >= 0.3 is 0 Å². The lowest BCUT2D eigenvalue weighted by atomic mass is 10.2. The number of fused-ring (bicyclic) bond motifs is 2. The van der Waals surface area contributed by atoms with Crippen LogP contribution in [0.1, 0.15) is 19.5 Å². The minimum absolute atomic E-state index is 0.163. The van der Waals surface area contributed by atoms with Gasteiger partial charge in [0.25, 0.3) is 0 Å². The maximum atomic E-state index is 9.28. The highest BCUT2D eigenvalue weighted by Gasteiger charge is 2.23. The molecule has 5 rings (SSSR count). The van der Waals surface area contributed by atoms with Crippen LogP contribution in [0.5, 0.6) is 0 Å². The number of aromatic nitrogens is 5. The van der Waals surface area contributed by atoms with Gasteiger partial charge in [-0.05, 0) is 38.1 Å². The van der Waals surface area contributed by atoms with Crippen molar-refractivity contribution in [3.05, 3.63) is 48.5 Å². The smallest absolute Gasteiger partial charge is 0.154 e. The summed E-state index contributed by atoms with van der Waals surface area (Å²) in [6.07, 6.45) is 5.61. The number of rotatable bonds is 2. The van der Waals surface area contributed by atoms with Gasteiger partial charge in [0.1, 0.15) is 23.2 Å². The first kappa shape index (κ1) is 16.7. The van der Waals surface area contributed by atoms with Crippen LogP contribution in [0.4, 0.5) is 5.82 Å². The SMILES string of the molecule is C[C@@H]1CN(c2ccc3ncc(-c4ccc5ncc(C#N)n5c4)n3n2)C[C@H](C)O1. The summed E-state index contributed by atoms with van der Waals surface area (Å²) < 4.78 is 9.47. The van der Waals surface area contributed by atoms with E-state index in [0.717, 1.165) is 41.5 Å². The molecule has 8 heteroatoms. The second kappa shape index (κ2) is 6.32. The van der Waals surface area contributed by atoms with E-state index in [4.69, 9.17) is 9.84 Å². The quantitative estimate of drug-likeness (QED) is 0.537. The molecule has 0 N–H and O–H groups in total. The van der Waals surface area contributed by atoms with E-state index in [0.29, 0.717) is 5.69 Å².